The quantitative estimate of drug-likeness (QED) is 0.319. The summed E-state index contributed by atoms with van der Waals surface area (Å²) in [4.78, 5) is 52.5. The van der Waals surface area contributed by atoms with Gasteiger partial charge < -0.3 is 18.9 Å². The number of rotatable bonds is 10. The minimum Gasteiger partial charge on any atom is -0.469 e. The molecular formula is C26H44N2O8. The fraction of sp³-hybridized carbons (Fsp3) is 0.846. The molecule has 0 unspecified atom stereocenters. The number of ether oxygens (including phenoxy) is 4. The molecular weight excluding hydrogens is 468 g/mol. The molecule has 2 aliphatic rings. The fourth-order valence-corrected chi connectivity index (χ4v) is 4.47. The van der Waals surface area contributed by atoms with Gasteiger partial charge in [-0.15, -0.1) is 0 Å². The van der Waals surface area contributed by atoms with Crippen molar-refractivity contribution >= 4 is 23.9 Å². The van der Waals surface area contributed by atoms with E-state index in [4.69, 9.17) is 18.9 Å². The summed E-state index contributed by atoms with van der Waals surface area (Å²) < 4.78 is 21.3. The van der Waals surface area contributed by atoms with E-state index in [1.54, 1.807) is 13.8 Å². The van der Waals surface area contributed by atoms with Gasteiger partial charge in [0.2, 0.25) is 0 Å². The van der Waals surface area contributed by atoms with Crippen LogP contribution < -0.4 is 0 Å². The van der Waals surface area contributed by atoms with Gasteiger partial charge in [-0.05, 0) is 86.5 Å². The molecule has 0 aliphatic carbocycles. The van der Waals surface area contributed by atoms with Crippen molar-refractivity contribution in [1.29, 1.82) is 0 Å². The first-order valence-electron chi connectivity index (χ1n) is 12.9. The average molecular weight is 513 g/mol. The molecule has 0 saturated carbocycles. The van der Waals surface area contributed by atoms with E-state index in [0.29, 0.717) is 58.3 Å². The van der Waals surface area contributed by atoms with Crippen LogP contribution in [0.1, 0.15) is 66.7 Å². The Balaban J connectivity index is 1.63. The first-order valence-corrected chi connectivity index (χ1v) is 12.9. The number of esters is 4. The zero-order chi connectivity index (χ0) is 26.9. The largest absolute Gasteiger partial charge is 0.469 e. The maximum Gasteiger partial charge on any atom is 0.320 e. The summed E-state index contributed by atoms with van der Waals surface area (Å²) >= 11 is 0. The van der Waals surface area contributed by atoms with Crippen molar-refractivity contribution in [3.8, 4) is 0 Å². The van der Waals surface area contributed by atoms with Gasteiger partial charge in [-0.2, -0.15) is 0 Å². The fourth-order valence-electron chi connectivity index (χ4n) is 4.47. The van der Waals surface area contributed by atoms with E-state index in [1.165, 1.54) is 7.11 Å². The number of methoxy groups -OCH3 is 1. The maximum atomic E-state index is 12.5. The monoisotopic (exact) mass is 512 g/mol. The molecule has 206 valence electrons. The lowest BCUT2D eigenvalue weighted by atomic mass is 9.97. The standard InChI is InChI=1S/C26H44N2O8/c1-25(2,3)35-21(29)17-27-14-9-20(10-15-27)24(32)34-16-11-26(4,5)36-22(30)18-28-12-7-19(8-13-28)23(31)33-6/h19-20H,7-18H2,1-6H3. The molecule has 0 spiro atoms. The molecule has 2 aliphatic heterocycles. The molecule has 10 nitrogen and oxygen atoms in total. The van der Waals surface area contributed by atoms with Crippen LogP contribution in [-0.4, -0.2) is 97.9 Å². The Hall–Kier alpha value is -2.20. The number of piperidine rings is 2. The van der Waals surface area contributed by atoms with Crippen LogP contribution in [0.4, 0.5) is 0 Å². The minimum atomic E-state index is -0.765. The van der Waals surface area contributed by atoms with Crippen molar-refractivity contribution in [3.05, 3.63) is 0 Å². The number of carbonyl (C=O) groups is 4. The molecule has 0 atom stereocenters. The van der Waals surface area contributed by atoms with E-state index in [-0.39, 0.29) is 55.4 Å². The summed E-state index contributed by atoms with van der Waals surface area (Å²) in [7, 11) is 1.39. The van der Waals surface area contributed by atoms with Gasteiger partial charge in [0, 0.05) is 6.42 Å². The van der Waals surface area contributed by atoms with Crippen LogP contribution >= 0.6 is 0 Å². The number of hydrogen-bond acceptors (Lipinski definition) is 10. The predicted octanol–water partition coefficient (Wildman–Crippen LogP) is 2.18. The normalized spacial score (nSPS) is 18.9. The van der Waals surface area contributed by atoms with E-state index in [0.717, 1.165) is 0 Å². The van der Waals surface area contributed by atoms with Gasteiger partial charge in [-0.1, -0.05) is 0 Å². The second-order valence-corrected chi connectivity index (χ2v) is 11.4. The molecule has 36 heavy (non-hydrogen) atoms. The molecule has 0 radical (unpaired) electrons. The van der Waals surface area contributed by atoms with Gasteiger partial charge in [0.25, 0.3) is 0 Å². The third kappa shape index (κ3) is 10.8. The highest BCUT2D eigenvalue weighted by atomic mass is 16.6. The molecule has 2 fully saturated rings. The molecule has 0 bridgehead atoms. The van der Waals surface area contributed by atoms with Crippen molar-refractivity contribution in [3.63, 3.8) is 0 Å². The topological polar surface area (TPSA) is 112 Å². The second-order valence-electron chi connectivity index (χ2n) is 11.4. The number of likely N-dealkylation sites (tertiary alicyclic amines) is 2. The van der Waals surface area contributed by atoms with Gasteiger partial charge in [-0.3, -0.25) is 29.0 Å². The van der Waals surface area contributed by atoms with Crippen LogP contribution in [0.5, 0.6) is 0 Å². The van der Waals surface area contributed by atoms with Crippen LogP contribution in [0.3, 0.4) is 0 Å². The van der Waals surface area contributed by atoms with Crippen molar-refractivity contribution in [2.24, 2.45) is 11.8 Å². The summed E-state index contributed by atoms with van der Waals surface area (Å²) in [6.45, 7) is 12.2. The third-order valence-corrected chi connectivity index (χ3v) is 6.51. The van der Waals surface area contributed by atoms with E-state index in [2.05, 4.69) is 0 Å². The zero-order valence-corrected chi connectivity index (χ0v) is 22.8. The first-order chi connectivity index (χ1) is 16.8. The Morgan fingerprint density at radius 3 is 1.61 bits per heavy atom. The van der Waals surface area contributed by atoms with Crippen molar-refractivity contribution < 1.29 is 38.1 Å². The Morgan fingerprint density at radius 2 is 1.17 bits per heavy atom. The lowest BCUT2D eigenvalue weighted by Crippen LogP contribution is -2.42. The minimum absolute atomic E-state index is 0.106. The third-order valence-electron chi connectivity index (χ3n) is 6.51. The lowest BCUT2D eigenvalue weighted by molar-refractivity contribution is -0.161. The predicted molar refractivity (Wildman–Crippen MR) is 132 cm³/mol. The highest BCUT2D eigenvalue weighted by Crippen LogP contribution is 2.22. The Bertz CT molecular complexity index is 760. The van der Waals surface area contributed by atoms with E-state index >= 15 is 0 Å². The van der Waals surface area contributed by atoms with Crippen LogP contribution in [0.2, 0.25) is 0 Å². The Morgan fingerprint density at radius 1 is 0.722 bits per heavy atom. The van der Waals surface area contributed by atoms with E-state index < -0.39 is 11.2 Å². The average Bonchev–Trinajstić information content (AvgIpc) is 2.77. The van der Waals surface area contributed by atoms with Crippen LogP contribution in [0.15, 0.2) is 0 Å². The van der Waals surface area contributed by atoms with Crippen molar-refractivity contribution in [2.75, 3.05) is 53.0 Å². The van der Waals surface area contributed by atoms with E-state index in [1.807, 2.05) is 30.6 Å². The van der Waals surface area contributed by atoms with Gasteiger partial charge in [-0.25, -0.2) is 0 Å². The summed E-state index contributed by atoms with van der Waals surface area (Å²) in [6.07, 6.45) is 2.99. The summed E-state index contributed by atoms with van der Waals surface area (Å²) in [5.41, 5.74) is -1.28. The van der Waals surface area contributed by atoms with Crippen molar-refractivity contribution in [1.82, 2.24) is 9.80 Å². The lowest BCUT2D eigenvalue weighted by Gasteiger charge is -2.32. The molecule has 0 N–H and O–H groups in total. The Kier molecular flexibility index (Phi) is 11.2. The smallest absolute Gasteiger partial charge is 0.320 e. The SMILES string of the molecule is COC(=O)C1CCN(CC(=O)OC(C)(C)CCOC(=O)C2CCN(CC(=O)OC(C)(C)C)CC2)CC1. The molecule has 2 saturated heterocycles. The number of carbonyl (C=O) groups excluding carboxylic acids is 4. The molecule has 0 aromatic rings. The van der Waals surface area contributed by atoms with Gasteiger partial charge in [0.05, 0.1) is 38.6 Å². The van der Waals surface area contributed by atoms with Gasteiger partial charge >= 0.3 is 23.9 Å². The highest BCUT2D eigenvalue weighted by Gasteiger charge is 2.31. The Labute approximate surface area is 214 Å². The zero-order valence-electron chi connectivity index (χ0n) is 22.8. The first kappa shape index (κ1) is 30.0. The summed E-state index contributed by atoms with van der Waals surface area (Å²) in [6, 6.07) is 0. The summed E-state index contributed by atoms with van der Waals surface area (Å²) in [5, 5.41) is 0. The van der Waals surface area contributed by atoms with Gasteiger partial charge in [0.1, 0.15) is 11.2 Å². The molecule has 0 amide bonds. The second kappa shape index (κ2) is 13.4. The van der Waals surface area contributed by atoms with E-state index in [9.17, 15) is 19.2 Å². The van der Waals surface area contributed by atoms with Crippen LogP contribution in [0, 0.1) is 11.8 Å². The number of nitrogens with zero attached hydrogens (tertiary/aromatic N) is 2. The maximum absolute atomic E-state index is 12.5. The van der Waals surface area contributed by atoms with Crippen molar-refractivity contribution in [2.45, 2.75) is 77.9 Å². The molecule has 2 rings (SSSR count). The molecule has 2 heterocycles. The summed E-state index contributed by atoms with van der Waals surface area (Å²) in [5.74, 6) is -1.34. The van der Waals surface area contributed by atoms with Crippen LogP contribution in [-0.2, 0) is 38.1 Å². The van der Waals surface area contributed by atoms with Crippen LogP contribution in [0.25, 0.3) is 0 Å². The molecule has 0 aromatic carbocycles. The number of hydrogen-bond donors (Lipinski definition) is 0. The highest BCUT2D eigenvalue weighted by molar-refractivity contribution is 5.74. The van der Waals surface area contributed by atoms with Gasteiger partial charge in [0.15, 0.2) is 0 Å². The molecule has 10 heteroatoms. The molecule has 0 aromatic heterocycles.